The summed E-state index contributed by atoms with van der Waals surface area (Å²) < 4.78 is 0. The van der Waals surface area contributed by atoms with Crippen LogP contribution in [0.1, 0.15) is 31.8 Å². The maximum absolute atomic E-state index is 12.5. The molecule has 2 aromatic carbocycles. The standard InChI is InChI=1S/C14H7N3O6/c15-11-5-7(17(22)23)4-10-12(11)14(19)8-2-1-6(16(20)21)3-9(8)13(10)18/h1-5H,15H2. The Morgan fingerprint density at radius 1 is 0.783 bits per heavy atom. The van der Waals surface area contributed by atoms with Gasteiger partial charge in [-0.05, 0) is 6.07 Å². The smallest absolute Gasteiger partial charge is 0.272 e. The van der Waals surface area contributed by atoms with Gasteiger partial charge in [0.2, 0.25) is 0 Å². The molecule has 0 saturated heterocycles. The first-order valence-electron chi connectivity index (χ1n) is 6.27. The van der Waals surface area contributed by atoms with Gasteiger partial charge in [-0.25, -0.2) is 0 Å². The number of nitrogen functional groups attached to an aromatic ring is 1. The molecule has 0 heterocycles. The molecule has 114 valence electrons. The minimum atomic E-state index is -0.739. The molecule has 0 radical (unpaired) electrons. The molecular weight excluding hydrogens is 306 g/mol. The molecule has 3 rings (SSSR count). The molecule has 23 heavy (non-hydrogen) atoms. The maximum atomic E-state index is 12.5. The van der Waals surface area contributed by atoms with Gasteiger partial charge in [0.05, 0.1) is 21.1 Å². The number of non-ortho nitro benzene ring substituents is 2. The van der Waals surface area contributed by atoms with Crippen LogP contribution in [0.15, 0.2) is 30.3 Å². The van der Waals surface area contributed by atoms with Gasteiger partial charge in [0, 0.05) is 41.0 Å². The van der Waals surface area contributed by atoms with Crippen molar-refractivity contribution in [2.75, 3.05) is 5.73 Å². The largest absolute Gasteiger partial charge is 0.398 e. The van der Waals surface area contributed by atoms with Gasteiger partial charge in [-0.2, -0.15) is 0 Å². The molecule has 1 aliphatic rings. The number of hydrogen-bond acceptors (Lipinski definition) is 7. The van der Waals surface area contributed by atoms with Crippen molar-refractivity contribution in [3.05, 3.63) is 72.8 Å². The molecule has 0 spiro atoms. The quantitative estimate of drug-likeness (QED) is 0.431. The lowest BCUT2D eigenvalue weighted by atomic mass is 9.83. The molecule has 0 aliphatic heterocycles. The first-order chi connectivity index (χ1) is 10.8. The minimum Gasteiger partial charge on any atom is -0.398 e. The zero-order chi connectivity index (χ0) is 16.9. The van der Waals surface area contributed by atoms with Crippen molar-refractivity contribution >= 4 is 28.6 Å². The molecule has 0 saturated carbocycles. The maximum Gasteiger partial charge on any atom is 0.272 e. The second kappa shape index (κ2) is 4.70. The number of carbonyl (C=O) groups is 2. The van der Waals surface area contributed by atoms with Crippen LogP contribution in [-0.4, -0.2) is 21.4 Å². The Labute approximate surface area is 127 Å². The molecule has 9 heteroatoms. The van der Waals surface area contributed by atoms with Crippen molar-refractivity contribution in [1.29, 1.82) is 0 Å². The average molecular weight is 313 g/mol. The summed E-state index contributed by atoms with van der Waals surface area (Å²) in [6.07, 6.45) is 0. The Morgan fingerprint density at radius 2 is 1.39 bits per heavy atom. The van der Waals surface area contributed by atoms with Crippen molar-refractivity contribution < 1.29 is 19.4 Å². The number of hydrogen-bond donors (Lipinski definition) is 1. The lowest BCUT2D eigenvalue weighted by molar-refractivity contribution is -0.385. The van der Waals surface area contributed by atoms with Crippen LogP contribution < -0.4 is 5.73 Å². The third-order valence-electron chi connectivity index (χ3n) is 3.54. The Hall–Kier alpha value is -3.62. The van der Waals surface area contributed by atoms with E-state index in [0.29, 0.717) is 0 Å². The van der Waals surface area contributed by atoms with Crippen LogP contribution in [0.2, 0.25) is 0 Å². The van der Waals surface area contributed by atoms with E-state index in [1.165, 1.54) is 6.07 Å². The van der Waals surface area contributed by atoms with Crippen LogP contribution in [0.4, 0.5) is 17.1 Å². The first kappa shape index (κ1) is 14.3. The molecule has 1 aliphatic carbocycles. The van der Waals surface area contributed by atoms with E-state index in [2.05, 4.69) is 0 Å². The predicted octanol–water partition coefficient (Wildman–Crippen LogP) is 1.86. The highest BCUT2D eigenvalue weighted by Crippen LogP contribution is 2.35. The number of nitro groups is 2. The highest BCUT2D eigenvalue weighted by molar-refractivity contribution is 6.30. The fraction of sp³-hybridized carbons (Fsp3) is 0. The number of carbonyl (C=O) groups excluding carboxylic acids is 2. The summed E-state index contributed by atoms with van der Waals surface area (Å²) in [6, 6.07) is 5.22. The number of nitro benzene ring substituents is 2. The Bertz CT molecular complexity index is 934. The second-order valence-corrected chi connectivity index (χ2v) is 4.86. The van der Waals surface area contributed by atoms with E-state index in [1.54, 1.807) is 0 Å². The summed E-state index contributed by atoms with van der Waals surface area (Å²) >= 11 is 0. The number of benzene rings is 2. The van der Waals surface area contributed by atoms with Crippen LogP contribution in [0.3, 0.4) is 0 Å². The first-order valence-corrected chi connectivity index (χ1v) is 6.27. The van der Waals surface area contributed by atoms with E-state index in [1.807, 2.05) is 0 Å². The summed E-state index contributed by atoms with van der Waals surface area (Å²) in [5, 5.41) is 21.7. The van der Waals surface area contributed by atoms with E-state index in [4.69, 9.17) is 5.73 Å². The van der Waals surface area contributed by atoms with E-state index < -0.39 is 27.1 Å². The molecule has 9 nitrogen and oxygen atoms in total. The number of ketones is 2. The van der Waals surface area contributed by atoms with E-state index in [-0.39, 0.29) is 33.6 Å². The van der Waals surface area contributed by atoms with Crippen molar-refractivity contribution in [3.63, 3.8) is 0 Å². The van der Waals surface area contributed by atoms with Gasteiger partial charge in [-0.1, -0.05) is 0 Å². The normalized spacial score (nSPS) is 12.5. The van der Waals surface area contributed by atoms with Gasteiger partial charge >= 0.3 is 0 Å². The van der Waals surface area contributed by atoms with E-state index >= 15 is 0 Å². The highest BCUT2D eigenvalue weighted by Gasteiger charge is 2.34. The summed E-state index contributed by atoms with van der Waals surface area (Å²) in [5.41, 5.74) is 4.17. The zero-order valence-corrected chi connectivity index (χ0v) is 11.3. The minimum absolute atomic E-state index is 0.0198. The molecule has 2 N–H and O–H groups in total. The van der Waals surface area contributed by atoms with Crippen molar-refractivity contribution in [3.8, 4) is 0 Å². The summed E-state index contributed by atoms with van der Waals surface area (Å²) in [5.74, 6) is -1.31. The summed E-state index contributed by atoms with van der Waals surface area (Å²) in [4.78, 5) is 45.2. The Balaban J connectivity index is 2.29. The molecule has 0 amide bonds. The highest BCUT2D eigenvalue weighted by atomic mass is 16.6. The van der Waals surface area contributed by atoms with Crippen molar-refractivity contribution in [2.24, 2.45) is 0 Å². The van der Waals surface area contributed by atoms with Gasteiger partial charge in [-0.3, -0.25) is 29.8 Å². The Morgan fingerprint density at radius 3 is 2.00 bits per heavy atom. The number of anilines is 1. The predicted molar refractivity (Wildman–Crippen MR) is 77.5 cm³/mol. The van der Waals surface area contributed by atoms with Gasteiger partial charge in [0.1, 0.15) is 0 Å². The molecule has 0 fully saturated rings. The van der Waals surface area contributed by atoms with Crippen LogP contribution in [-0.2, 0) is 0 Å². The monoisotopic (exact) mass is 313 g/mol. The van der Waals surface area contributed by atoms with Gasteiger partial charge in [-0.15, -0.1) is 0 Å². The van der Waals surface area contributed by atoms with Gasteiger partial charge in [0.25, 0.3) is 11.4 Å². The van der Waals surface area contributed by atoms with E-state index in [9.17, 15) is 29.8 Å². The third-order valence-corrected chi connectivity index (χ3v) is 3.54. The third kappa shape index (κ3) is 2.02. The van der Waals surface area contributed by atoms with Gasteiger partial charge < -0.3 is 5.73 Å². The van der Waals surface area contributed by atoms with Gasteiger partial charge in [0.15, 0.2) is 11.6 Å². The lowest BCUT2D eigenvalue weighted by Gasteiger charge is -2.18. The van der Waals surface area contributed by atoms with E-state index in [0.717, 1.165) is 24.3 Å². The SMILES string of the molecule is Nc1cc([N+](=O)[O-])cc2c1C(=O)c1ccc([N+](=O)[O-])cc1C2=O. The molecule has 0 unspecified atom stereocenters. The molecule has 0 atom stereocenters. The molecular formula is C14H7N3O6. The second-order valence-electron chi connectivity index (χ2n) is 4.86. The fourth-order valence-corrected chi connectivity index (χ4v) is 2.50. The van der Waals surface area contributed by atoms with Crippen molar-refractivity contribution in [1.82, 2.24) is 0 Å². The molecule has 0 bridgehead atoms. The van der Waals surface area contributed by atoms with Crippen LogP contribution in [0.5, 0.6) is 0 Å². The van der Waals surface area contributed by atoms with Crippen LogP contribution >= 0.6 is 0 Å². The topological polar surface area (TPSA) is 146 Å². The number of nitrogens with zero attached hydrogens (tertiary/aromatic N) is 2. The van der Waals surface area contributed by atoms with Crippen LogP contribution in [0, 0.1) is 20.2 Å². The molecule has 0 aromatic heterocycles. The number of rotatable bonds is 2. The summed E-state index contributed by atoms with van der Waals surface area (Å²) in [6.45, 7) is 0. The number of fused-ring (bicyclic) bond motifs is 2. The fourth-order valence-electron chi connectivity index (χ4n) is 2.50. The summed E-state index contributed by atoms with van der Waals surface area (Å²) in [7, 11) is 0. The lowest BCUT2D eigenvalue weighted by Crippen LogP contribution is -2.22. The zero-order valence-electron chi connectivity index (χ0n) is 11.3. The number of nitrogens with two attached hydrogens (primary N) is 1. The van der Waals surface area contributed by atoms with Crippen LogP contribution in [0.25, 0.3) is 0 Å². The molecule has 2 aromatic rings. The average Bonchev–Trinajstić information content (AvgIpc) is 2.51. The Kier molecular flexibility index (Phi) is 2.93. The van der Waals surface area contributed by atoms with Crippen molar-refractivity contribution in [2.45, 2.75) is 0 Å².